The summed E-state index contributed by atoms with van der Waals surface area (Å²) >= 11 is 0. The second-order valence-electron chi connectivity index (χ2n) is 6.47. The number of aliphatic hydroxyl groups excluding tert-OH is 1. The number of nitrogens with zero attached hydrogens (tertiary/aromatic N) is 1. The quantitative estimate of drug-likeness (QED) is 0.549. The van der Waals surface area contributed by atoms with Crippen LogP contribution in [0.2, 0.25) is 0 Å². The lowest BCUT2D eigenvalue weighted by Crippen LogP contribution is -2.41. The molecule has 1 aliphatic rings. The monoisotopic (exact) mass is 359 g/mol. The summed E-state index contributed by atoms with van der Waals surface area (Å²) in [5, 5.41) is 16.0. The van der Waals surface area contributed by atoms with Gasteiger partial charge in [0.2, 0.25) is 0 Å². The van der Waals surface area contributed by atoms with E-state index in [1.165, 1.54) is 18.2 Å². The van der Waals surface area contributed by atoms with E-state index in [1.54, 1.807) is 7.05 Å². The van der Waals surface area contributed by atoms with E-state index in [0.717, 1.165) is 5.56 Å². The van der Waals surface area contributed by atoms with Crippen LogP contribution in [0.1, 0.15) is 29.4 Å². The molecule has 0 amide bonds. The Kier molecular flexibility index (Phi) is 5.83. The number of hydrogen-bond acceptors (Lipinski definition) is 2. The van der Waals surface area contributed by atoms with E-state index in [9.17, 15) is 13.9 Å². The zero-order valence-electron chi connectivity index (χ0n) is 14.6. The van der Waals surface area contributed by atoms with Crippen LogP contribution in [-0.4, -0.2) is 37.3 Å². The van der Waals surface area contributed by atoms with Crippen molar-refractivity contribution in [2.24, 2.45) is 4.99 Å². The number of aliphatic imine (C=N–C) groups is 1. The van der Waals surface area contributed by atoms with Crippen LogP contribution in [-0.2, 0) is 0 Å². The smallest absolute Gasteiger partial charge is 0.191 e. The maximum Gasteiger partial charge on any atom is 0.191 e. The Morgan fingerprint density at radius 3 is 2.46 bits per heavy atom. The standard InChI is InChI=1S/C20H23F2N3O/c1-23-20(24-11-14(12-26)13-6-3-2-4-7-13)25-18-10-15(18)19-16(21)8-5-9-17(19)22/h2-9,14-15,18,26H,10-12H2,1H3,(H2,23,24,25). The van der Waals surface area contributed by atoms with Crippen molar-refractivity contribution in [2.45, 2.75) is 24.3 Å². The van der Waals surface area contributed by atoms with Gasteiger partial charge in [0.1, 0.15) is 11.6 Å². The van der Waals surface area contributed by atoms with Crippen molar-refractivity contribution in [2.75, 3.05) is 20.2 Å². The molecule has 138 valence electrons. The summed E-state index contributed by atoms with van der Waals surface area (Å²) in [4.78, 5) is 4.17. The largest absolute Gasteiger partial charge is 0.396 e. The Bertz CT molecular complexity index is 747. The molecule has 0 aliphatic heterocycles. The molecule has 2 aromatic rings. The third-order valence-corrected chi connectivity index (χ3v) is 4.71. The molecule has 0 radical (unpaired) electrons. The average molecular weight is 359 g/mol. The Morgan fingerprint density at radius 2 is 1.85 bits per heavy atom. The van der Waals surface area contributed by atoms with Gasteiger partial charge in [-0.1, -0.05) is 36.4 Å². The van der Waals surface area contributed by atoms with Gasteiger partial charge < -0.3 is 15.7 Å². The first-order valence-corrected chi connectivity index (χ1v) is 8.71. The molecular weight excluding hydrogens is 336 g/mol. The number of aliphatic hydroxyl groups is 1. The topological polar surface area (TPSA) is 56.7 Å². The van der Waals surface area contributed by atoms with Crippen molar-refractivity contribution in [3.63, 3.8) is 0 Å². The number of rotatable bonds is 6. The molecule has 3 atom stereocenters. The summed E-state index contributed by atoms with van der Waals surface area (Å²) in [6, 6.07) is 13.6. The lowest BCUT2D eigenvalue weighted by Gasteiger charge is -2.18. The highest BCUT2D eigenvalue weighted by atomic mass is 19.1. The second kappa shape index (κ2) is 8.27. The van der Waals surface area contributed by atoms with Crippen molar-refractivity contribution in [3.05, 3.63) is 71.3 Å². The van der Waals surface area contributed by atoms with Crippen LogP contribution in [0.5, 0.6) is 0 Å². The molecule has 1 fully saturated rings. The molecule has 2 aromatic carbocycles. The minimum absolute atomic E-state index is 0.0144. The molecular formula is C20H23F2N3O. The second-order valence-corrected chi connectivity index (χ2v) is 6.47. The fourth-order valence-corrected chi connectivity index (χ4v) is 3.14. The molecule has 3 unspecified atom stereocenters. The average Bonchev–Trinajstić information content (AvgIpc) is 3.40. The predicted molar refractivity (Wildman–Crippen MR) is 98.3 cm³/mol. The maximum absolute atomic E-state index is 13.9. The SMILES string of the molecule is CN=C(NCC(CO)c1ccccc1)NC1CC1c1c(F)cccc1F. The first kappa shape index (κ1) is 18.3. The van der Waals surface area contributed by atoms with Gasteiger partial charge in [-0.25, -0.2) is 8.78 Å². The van der Waals surface area contributed by atoms with Crippen LogP contribution in [0.15, 0.2) is 53.5 Å². The summed E-state index contributed by atoms with van der Waals surface area (Å²) in [5.41, 5.74) is 1.17. The van der Waals surface area contributed by atoms with Gasteiger partial charge in [-0.3, -0.25) is 4.99 Å². The van der Waals surface area contributed by atoms with Crippen LogP contribution in [0.3, 0.4) is 0 Å². The summed E-state index contributed by atoms with van der Waals surface area (Å²) < 4.78 is 27.8. The van der Waals surface area contributed by atoms with Crippen LogP contribution in [0, 0.1) is 11.6 Å². The van der Waals surface area contributed by atoms with Gasteiger partial charge in [-0.2, -0.15) is 0 Å². The van der Waals surface area contributed by atoms with E-state index in [1.807, 2.05) is 30.3 Å². The van der Waals surface area contributed by atoms with Crippen molar-refractivity contribution in [1.29, 1.82) is 0 Å². The minimum Gasteiger partial charge on any atom is -0.396 e. The van der Waals surface area contributed by atoms with Crippen molar-refractivity contribution in [1.82, 2.24) is 10.6 Å². The minimum atomic E-state index is -0.508. The molecule has 0 saturated heterocycles. The van der Waals surface area contributed by atoms with Crippen LogP contribution in [0.4, 0.5) is 8.78 Å². The summed E-state index contributed by atoms with van der Waals surface area (Å²) in [5.74, 6) is -0.715. The van der Waals surface area contributed by atoms with Gasteiger partial charge in [0.05, 0.1) is 6.61 Å². The van der Waals surface area contributed by atoms with Gasteiger partial charge >= 0.3 is 0 Å². The van der Waals surface area contributed by atoms with Crippen LogP contribution < -0.4 is 10.6 Å². The highest BCUT2D eigenvalue weighted by Gasteiger charge is 2.42. The van der Waals surface area contributed by atoms with E-state index >= 15 is 0 Å². The maximum atomic E-state index is 13.9. The highest BCUT2D eigenvalue weighted by molar-refractivity contribution is 5.80. The van der Waals surface area contributed by atoms with Crippen LogP contribution in [0.25, 0.3) is 0 Å². The molecule has 1 saturated carbocycles. The molecule has 0 bridgehead atoms. The van der Waals surface area contributed by atoms with Gasteiger partial charge in [-0.05, 0) is 24.1 Å². The predicted octanol–water partition coefficient (Wildman–Crippen LogP) is 2.76. The molecule has 6 heteroatoms. The van der Waals surface area contributed by atoms with E-state index in [0.29, 0.717) is 18.9 Å². The Labute approximate surface area is 152 Å². The normalized spacial score (nSPS) is 20.5. The molecule has 3 rings (SSSR count). The molecule has 3 N–H and O–H groups in total. The first-order chi connectivity index (χ1) is 12.6. The van der Waals surface area contributed by atoms with Gasteiger partial charge in [0.15, 0.2) is 5.96 Å². The molecule has 1 aliphatic carbocycles. The number of nitrogens with one attached hydrogen (secondary N) is 2. The van der Waals surface area contributed by atoms with E-state index in [-0.39, 0.29) is 30.0 Å². The number of benzene rings is 2. The fraction of sp³-hybridized carbons (Fsp3) is 0.350. The van der Waals surface area contributed by atoms with Gasteiger partial charge in [-0.15, -0.1) is 0 Å². The van der Waals surface area contributed by atoms with Crippen molar-refractivity contribution >= 4 is 5.96 Å². The first-order valence-electron chi connectivity index (χ1n) is 8.71. The fourth-order valence-electron chi connectivity index (χ4n) is 3.14. The molecule has 0 heterocycles. The van der Waals surface area contributed by atoms with E-state index in [2.05, 4.69) is 15.6 Å². The Morgan fingerprint density at radius 1 is 1.15 bits per heavy atom. The zero-order chi connectivity index (χ0) is 18.5. The van der Waals surface area contributed by atoms with Gasteiger partial charge in [0.25, 0.3) is 0 Å². The summed E-state index contributed by atoms with van der Waals surface area (Å²) in [6.07, 6.45) is 0.653. The third kappa shape index (κ3) is 4.19. The summed E-state index contributed by atoms with van der Waals surface area (Å²) in [6.45, 7) is 0.520. The molecule has 4 nitrogen and oxygen atoms in total. The van der Waals surface area contributed by atoms with E-state index in [4.69, 9.17) is 0 Å². The third-order valence-electron chi connectivity index (χ3n) is 4.71. The number of halogens is 2. The molecule has 26 heavy (non-hydrogen) atoms. The number of hydrogen-bond donors (Lipinski definition) is 3. The Hall–Kier alpha value is -2.47. The molecule has 0 aromatic heterocycles. The Balaban J connectivity index is 1.56. The lowest BCUT2D eigenvalue weighted by molar-refractivity contribution is 0.265. The lowest BCUT2D eigenvalue weighted by atomic mass is 10.0. The highest BCUT2D eigenvalue weighted by Crippen LogP contribution is 2.43. The molecule has 0 spiro atoms. The van der Waals surface area contributed by atoms with Crippen LogP contribution >= 0.6 is 0 Å². The summed E-state index contributed by atoms with van der Waals surface area (Å²) in [7, 11) is 1.65. The zero-order valence-corrected chi connectivity index (χ0v) is 14.6. The van der Waals surface area contributed by atoms with Crippen molar-refractivity contribution in [3.8, 4) is 0 Å². The number of guanidine groups is 1. The van der Waals surface area contributed by atoms with E-state index < -0.39 is 11.6 Å². The van der Waals surface area contributed by atoms with Gasteiger partial charge in [0, 0.05) is 37.0 Å². The van der Waals surface area contributed by atoms with Crippen molar-refractivity contribution < 1.29 is 13.9 Å².